The van der Waals surface area contributed by atoms with Crippen LogP contribution in [0.15, 0.2) is 35.3 Å². The van der Waals surface area contributed by atoms with Gasteiger partial charge in [-0.15, -0.1) is 0 Å². The molecule has 1 aromatic carbocycles. The molecule has 36 heavy (non-hydrogen) atoms. The molecule has 1 fully saturated rings. The van der Waals surface area contributed by atoms with Gasteiger partial charge in [0.05, 0.1) is 25.3 Å². The lowest BCUT2D eigenvalue weighted by Gasteiger charge is -2.53. The number of halogens is 3. The molecule has 0 bridgehead atoms. The van der Waals surface area contributed by atoms with Crippen LogP contribution >= 0.6 is 0 Å². The summed E-state index contributed by atoms with van der Waals surface area (Å²) in [6, 6.07) is 0.661. The zero-order valence-electron chi connectivity index (χ0n) is 20.1. The van der Waals surface area contributed by atoms with Gasteiger partial charge in [0.1, 0.15) is 23.0 Å². The van der Waals surface area contributed by atoms with Crippen LogP contribution in [0.25, 0.3) is 0 Å². The second kappa shape index (κ2) is 9.81. The fourth-order valence-corrected chi connectivity index (χ4v) is 4.86. The van der Waals surface area contributed by atoms with E-state index in [2.05, 4.69) is 5.32 Å². The maximum atomic E-state index is 14.0. The average Bonchev–Trinajstić information content (AvgIpc) is 2.82. The van der Waals surface area contributed by atoms with Crippen molar-refractivity contribution >= 4 is 11.8 Å². The van der Waals surface area contributed by atoms with Crippen LogP contribution in [0, 0.1) is 17.5 Å². The summed E-state index contributed by atoms with van der Waals surface area (Å²) in [7, 11) is 1.23. The van der Waals surface area contributed by atoms with Crippen molar-refractivity contribution < 1.29 is 32.2 Å². The Morgan fingerprint density at radius 3 is 2.61 bits per heavy atom. The van der Waals surface area contributed by atoms with Crippen LogP contribution in [0.4, 0.5) is 13.2 Å². The molecular weight excluding hydrogens is 479 g/mol. The number of aromatic nitrogens is 1. The number of rotatable bonds is 6. The van der Waals surface area contributed by atoms with E-state index in [1.54, 1.807) is 9.47 Å². The van der Waals surface area contributed by atoms with Crippen molar-refractivity contribution in [3.63, 3.8) is 0 Å². The normalized spacial score (nSPS) is 21.3. The number of nitrogens with one attached hydrogen (secondary N) is 1. The quantitative estimate of drug-likeness (QED) is 0.610. The number of benzene rings is 1. The number of nitrogens with zero attached hydrogens (tertiary/aromatic N) is 2. The third-order valence-electron chi connectivity index (χ3n) is 6.74. The lowest BCUT2D eigenvalue weighted by molar-refractivity contribution is -0.0668. The predicted molar refractivity (Wildman–Crippen MR) is 123 cm³/mol. The Morgan fingerprint density at radius 1 is 1.28 bits per heavy atom. The highest BCUT2D eigenvalue weighted by molar-refractivity contribution is 5.99. The minimum absolute atomic E-state index is 0.0172. The maximum Gasteiger partial charge on any atom is 0.275 e. The van der Waals surface area contributed by atoms with Gasteiger partial charge in [-0.25, -0.2) is 13.2 Å². The van der Waals surface area contributed by atoms with Gasteiger partial charge in [0, 0.05) is 43.6 Å². The first kappa shape index (κ1) is 25.5. The number of ether oxygens (including phenoxy) is 2. The molecule has 2 aliphatic heterocycles. The van der Waals surface area contributed by atoms with Crippen LogP contribution in [-0.4, -0.2) is 53.7 Å². The lowest BCUT2D eigenvalue weighted by atomic mass is 9.83. The molecule has 0 aliphatic carbocycles. The summed E-state index contributed by atoms with van der Waals surface area (Å²) in [4.78, 5) is 41.4. The van der Waals surface area contributed by atoms with Crippen LogP contribution in [0.2, 0.25) is 0 Å². The van der Waals surface area contributed by atoms with Crippen molar-refractivity contribution in [2.24, 2.45) is 0 Å². The van der Waals surface area contributed by atoms with Crippen molar-refractivity contribution in [3.8, 4) is 5.75 Å². The Balaban J connectivity index is 1.77. The number of fused-ring (bicyclic) bond motifs is 3. The summed E-state index contributed by atoms with van der Waals surface area (Å²) < 4.78 is 53.8. The molecular formula is C25H26F3N3O5. The Kier molecular flexibility index (Phi) is 6.94. The Morgan fingerprint density at radius 2 is 1.97 bits per heavy atom. The number of pyridine rings is 1. The Bertz CT molecular complexity index is 1290. The van der Waals surface area contributed by atoms with Gasteiger partial charge in [0.15, 0.2) is 11.4 Å². The fraction of sp³-hybridized carbons (Fsp3) is 0.400. The molecule has 1 aromatic heterocycles. The molecule has 4 rings (SSSR count). The highest BCUT2D eigenvalue weighted by atomic mass is 19.1. The summed E-state index contributed by atoms with van der Waals surface area (Å²) in [5, 5.41) is 2.31. The maximum absolute atomic E-state index is 14.0. The Hall–Kier alpha value is -3.60. The number of carbonyl (C=O) groups excluding carboxylic acids is 2. The smallest absolute Gasteiger partial charge is 0.275 e. The monoisotopic (exact) mass is 505 g/mol. The summed E-state index contributed by atoms with van der Waals surface area (Å²) in [6.45, 7) is 4.04. The van der Waals surface area contributed by atoms with Crippen LogP contribution in [-0.2, 0) is 11.3 Å². The van der Waals surface area contributed by atoms with Crippen molar-refractivity contribution in [2.45, 2.75) is 38.4 Å². The molecule has 1 saturated heterocycles. The van der Waals surface area contributed by atoms with E-state index >= 15 is 0 Å². The highest BCUT2D eigenvalue weighted by Gasteiger charge is 2.51. The minimum atomic E-state index is -1.17. The first-order chi connectivity index (χ1) is 17.1. The first-order valence-electron chi connectivity index (χ1n) is 11.4. The molecule has 0 radical (unpaired) electrons. The van der Waals surface area contributed by atoms with E-state index in [0.29, 0.717) is 31.7 Å². The zero-order valence-corrected chi connectivity index (χ0v) is 20.1. The number of methoxy groups -OCH3 is 1. The molecule has 8 nitrogen and oxygen atoms in total. The number of hydrogen-bond donors (Lipinski definition) is 1. The van der Waals surface area contributed by atoms with E-state index < -0.39 is 52.3 Å². The molecule has 2 aromatic rings. The molecule has 3 heterocycles. The van der Waals surface area contributed by atoms with Gasteiger partial charge >= 0.3 is 0 Å². The second-order valence-corrected chi connectivity index (χ2v) is 8.89. The van der Waals surface area contributed by atoms with E-state index in [9.17, 15) is 27.6 Å². The first-order valence-corrected chi connectivity index (χ1v) is 11.4. The number of allylic oxidation sites excluding steroid dienone is 1. The second-order valence-electron chi connectivity index (χ2n) is 8.89. The molecule has 2 amide bonds. The van der Waals surface area contributed by atoms with Crippen LogP contribution in [0.3, 0.4) is 0 Å². The molecule has 0 spiro atoms. The Labute approximate surface area is 205 Å². The highest BCUT2D eigenvalue weighted by Crippen LogP contribution is 2.42. The molecule has 11 heteroatoms. The van der Waals surface area contributed by atoms with Crippen molar-refractivity contribution in [1.29, 1.82) is 0 Å². The predicted octanol–water partition coefficient (Wildman–Crippen LogP) is 2.96. The van der Waals surface area contributed by atoms with Gasteiger partial charge in [-0.3, -0.25) is 14.4 Å². The fourth-order valence-electron chi connectivity index (χ4n) is 4.86. The third kappa shape index (κ3) is 4.17. The van der Waals surface area contributed by atoms with E-state index in [-0.39, 0.29) is 29.7 Å². The molecule has 2 atom stereocenters. The van der Waals surface area contributed by atoms with Gasteiger partial charge in [-0.1, -0.05) is 12.2 Å². The number of carbonyl (C=O) groups is 2. The van der Waals surface area contributed by atoms with E-state index in [1.807, 2.05) is 26.0 Å². The third-order valence-corrected chi connectivity index (χ3v) is 6.74. The van der Waals surface area contributed by atoms with Gasteiger partial charge in [-0.2, -0.15) is 0 Å². The zero-order chi connectivity index (χ0) is 26.2. The van der Waals surface area contributed by atoms with E-state index in [4.69, 9.17) is 9.47 Å². The van der Waals surface area contributed by atoms with Crippen LogP contribution in [0.1, 0.15) is 52.7 Å². The van der Waals surface area contributed by atoms with Crippen LogP contribution in [0.5, 0.6) is 5.75 Å². The molecule has 0 saturated carbocycles. The van der Waals surface area contributed by atoms with Crippen molar-refractivity contribution in [3.05, 3.63) is 75.0 Å². The summed E-state index contributed by atoms with van der Waals surface area (Å²) in [5.41, 5.74) is -2.50. The van der Waals surface area contributed by atoms with E-state index in [0.717, 1.165) is 0 Å². The van der Waals surface area contributed by atoms with Gasteiger partial charge in [0.2, 0.25) is 5.43 Å². The number of hydrogen-bond acceptors (Lipinski definition) is 5. The largest absolute Gasteiger partial charge is 0.491 e. The number of amides is 2. The van der Waals surface area contributed by atoms with Gasteiger partial charge in [-0.05, 0) is 20.3 Å². The van der Waals surface area contributed by atoms with Gasteiger partial charge in [0.25, 0.3) is 11.8 Å². The van der Waals surface area contributed by atoms with Crippen molar-refractivity contribution in [2.75, 3.05) is 26.9 Å². The molecule has 1 N–H and O–H groups in total. The molecule has 0 unspecified atom stereocenters. The molecule has 192 valence electrons. The van der Waals surface area contributed by atoms with Gasteiger partial charge < -0.3 is 24.3 Å². The SMILES string of the molecule is C/C=C\CN1C(=O)c2c(OC)c(=O)c(C(=O)NCc3c(F)cc(F)cc3F)cn2[C@H]2CCOC[C@]21C. The van der Waals surface area contributed by atoms with E-state index in [1.165, 1.54) is 13.3 Å². The van der Waals surface area contributed by atoms with Crippen molar-refractivity contribution in [1.82, 2.24) is 14.8 Å². The van der Waals surface area contributed by atoms with Crippen LogP contribution < -0.4 is 15.5 Å². The standard InChI is InChI=1S/C25H26F3N3O5/c1-4-5-7-31-24(34)20-22(35-3)21(32)16(12-30(20)19-6-8-36-13-25(19,31)2)23(33)29-11-15-17(27)9-14(26)10-18(15)28/h4-5,9-10,12,19H,6-8,11,13H2,1-3H3,(H,29,33)/b5-4-/t19-,25+/m0/s1. The summed E-state index contributed by atoms with van der Waals surface area (Å²) in [6.07, 6.45) is 5.42. The average molecular weight is 505 g/mol. The lowest BCUT2D eigenvalue weighted by Crippen LogP contribution is -2.64. The summed E-state index contributed by atoms with van der Waals surface area (Å²) >= 11 is 0. The minimum Gasteiger partial charge on any atom is -0.491 e. The topological polar surface area (TPSA) is 89.9 Å². The summed E-state index contributed by atoms with van der Waals surface area (Å²) in [5.74, 6) is -5.10. The molecule has 2 aliphatic rings.